The maximum Gasteiger partial charge on any atom is 0.311 e. The van der Waals surface area contributed by atoms with Crippen LogP contribution in [0.25, 0.3) is 0 Å². The highest BCUT2D eigenvalue weighted by Gasteiger charge is 2.57. The van der Waals surface area contributed by atoms with E-state index in [2.05, 4.69) is 0 Å². The molecule has 2 saturated heterocycles. The van der Waals surface area contributed by atoms with E-state index in [-0.39, 0.29) is 30.2 Å². The maximum absolute atomic E-state index is 13.4. The van der Waals surface area contributed by atoms with Crippen molar-refractivity contribution >= 4 is 11.9 Å². The van der Waals surface area contributed by atoms with E-state index in [4.69, 9.17) is 4.74 Å². The predicted octanol–water partition coefficient (Wildman–Crippen LogP) is 2.02. The highest BCUT2D eigenvalue weighted by atomic mass is 19.2. The van der Waals surface area contributed by atoms with E-state index in [0.29, 0.717) is 38.2 Å². The van der Waals surface area contributed by atoms with Gasteiger partial charge in [0.2, 0.25) is 5.91 Å². The van der Waals surface area contributed by atoms with Gasteiger partial charge in [-0.15, -0.1) is 0 Å². The van der Waals surface area contributed by atoms with Crippen LogP contribution in [0.2, 0.25) is 0 Å². The molecule has 0 aromatic heterocycles. The molecule has 0 bridgehead atoms. The number of carbonyl (C=O) groups excluding carboxylic acids is 1. The minimum Gasteiger partial charge on any atom is -0.481 e. The molecule has 0 spiro atoms. The zero-order chi connectivity index (χ0) is 17.8. The van der Waals surface area contributed by atoms with E-state index in [0.717, 1.165) is 12.1 Å². The van der Waals surface area contributed by atoms with Gasteiger partial charge in [0, 0.05) is 31.5 Å². The number of likely N-dealkylation sites (tertiary alicyclic amines) is 1. The first kappa shape index (κ1) is 16.4. The Bertz CT molecular complexity index is 740. The number of nitrogens with zero attached hydrogens (tertiary/aromatic N) is 1. The zero-order valence-electron chi connectivity index (χ0n) is 13.6. The number of ether oxygens (including phenoxy) is 1. The molecular weight excluding hydrogens is 332 g/mol. The number of aliphatic carboxylic acids is 1. The lowest BCUT2D eigenvalue weighted by Crippen LogP contribution is -2.45. The summed E-state index contributed by atoms with van der Waals surface area (Å²) in [5.74, 6) is -3.37. The Kier molecular flexibility index (Phi) is 3.79. The third kappa shape index (κ3) is 2.61. The Morgan fingerprint density at radius 1 is 1.28 bits per heavy atom. The molecule has 1 saturated carbocycles. The highest BCUT2D eigenvalue weighted by Crippen LogP contribution is 2.51. The molecule has 7 heteroatoms. The molecule has 0 radical (unpaired) electrons. The van der Waals surface area contributed by atoms with E-state index in [9.17, 15) is 23.5 Å². The maximum atomic E-state index is 13.4. The molecular formula is C18H19F2NO4. The molecule has 4 rings (SSSR count). The molecule has 2 unspecified atom stereocenters. The van der Waals surface area contributed by atoms with Crippen LogP contribution in [0.3, 0.4) is 0 Å². The largest absolute Gasteiger partial charge is 0.481 e. The fraction of sp³-hybridized carbons (Fsp3) is 0.556. The minimum absolute atomic E-state index is 0.0928. The number of hydrogen-bond donors (Lipinski definition) is 1. The molecule has 25 heavy (non-hydrogen) atoms. The van der Waals surface area contributed by atoms with E-state index < -0.39 is 23.0 Å². The van der Waals surface area contributed by atoms with E-state index in [1.807, 2.05) is 0 Å². The summed E-state index contributed by atoms with van der Waals surface area (Å²) >= 11 is 0. The van der Waals surface area contributed by atoms with Crippen molar-refractivity contribution in [3.8, 4) is 0 Å². The van der Waals surface area contributed by atoms with Crippen LogP contribution in [0.15, 0.2) is 18.2 Å². The van der Waals surface area contributed by atoms with Crippen LogP contribution in [-0.2, 0) is 14.3 Å². The fourth-order valence-electron chi connectivity index (χ4n) is 4.28. The number of halogens is 2. The molecule has 1 amide bonds. The van der Waals surface area contributed by atoms with Gasteiger partial charge in [0.25, 0.3) is 0 Å². The smallest absolute Gasteiger partial charge is 0.311 e. The van der Waals surface area contributed by atoms with E-state index >= 15 is 0 Å². The third-order valence-corrected chi connectivity index (χ3v) is 5.92. The van der Waals surface area contributed by atoms with Crippen LogP contribution in [-0.4, -0.2) is 48.2 Å². The second-order valence-corrected chi connectivity index (χ2v) is 7.32. The van der Waals surface area contributed by atoms with Gasteiger partial charge in [0.1, 0.15) is 0 Å². The lowest BCUT2D eigenvalue weighted by molar-refractivity contribution is -0.157. The Labute approximate surface area is 143 Å². The normalized spacial score (nSPS) is 33.8. The van der Waals surface area contributed by atoms with Gasteiger partial charge in [-0.05, 0) is 36.5 Å². The lowest BCUT2D eigenvalue weighted by Gasteiger charge is -2.33. The average Bonchev–Trinajstić information content (AvgIpc) is 3.28. The van der Waals surface area contributed by atoms with Gasteiger partial charge in [-0.25, -0.2) is 8.78 Å². The molecule has 2 heterocycles. The topological polar surface area (TPSA) is 66.8 Å². The number of hydrogen-bond acceptors (Lipinski definition) is 3. The van der Waals surface area contributed by atoms with Crippen molar-refractivity contribution in [3.05, 3.63) is 35.4 Å². The number of amides is 1. The number of carbonyl (C=O) groups is 2. The molecule has 2 aliphatic heterocycles. The van der Waals surface area contributed by atoms with Gasteiger partial charge in [-0.1, -0.05) is 6.07 Å². The first-order valence-electron chi connectivity index (χ1n) is 8.47. The monoisotopic (exact) mass is 351 g/mol. The second kappa shape index (κ2) is 5.76. The van der Waals surface area contributed by atoms with Crippen molar-refractivity contribution in [1.82, 2.24) is 4.90 Å². The summed E-state index contributed by atoms with van der Waals surface area (Å²) < 4.78 is 31.8. The van der Waals surface area contributed by atoms with Gasteiger partial charge in [0.05, 0.1) is 12.0 Å². The molecule has 1 aliphatic carbocycles. The predicted molar refractivity (Wildman–Crippen MR) is 82.8 cm³/mol. The first-order chi connectivity index (χ1) is 11.9. The number of rotatable bonds is 3. The number of benzene rings is 1. The Morgan fingerprint density at radius 2 is 2.08 bits per heavy atom. The molecule has 5 nitrogen and oxygen atoms in total. The molecule has 1 N–H and O–H groups in total. The molecule has 1 aromatic rings. The van der Waals surface area contributed by atoms with Crippen molar-refractivity contribution < 1.29 is 28.2 Å². The minimum atomic E-state index is -0.916. The summed E-state index contributed by atoms with van der Waals surface area (Å²) in [6.07, 6.45) is 0.996. The Morgan fingerprint density at radius 3 is 2.76 bits per heavy atom. The van der Waals surface area contributed by atoms with Crippen LogP contribution < -0.4 is 0 Å². The SMILES string of the molecule is O=C(C1CC1c1ccc(F)c(F)c1)N1C[C@H]2COCC[C@@]2(C(=O)O)C1. The summed E-state index contributed by atoms with van der Waals surface area (Å²) in [6, 6.07) is 3.72. The summed E-state index contributed by atoms with van der Waals surface area (Å²) in [7, 11) is 0. The second-order valence-electron chi connectivity index (χ2n) is 7.32. The molecule has 134 valence electrons. The van der Waals surface area contributed by atoms with Crippen LogP contribution >= 0.6 is 0 Å². The van der Waals surface area contributed by atoms with Crippen LogP contribution in [0, 0.1) is 28.9 Å². The van der Waals surface area contributed by atoms with E-state index in [1.54, 1.807) is 4.90 Å². The van der Waals surface area contributed by atoms with Crippen LogP contribution in [0.5, 0.6) is 0 Å². The summed E-state index contributed by atoms with van der Waals surface area (Å²) in [5.41, 5.74) is -0.301. The van der Waals surface area contributed by atoms with Gasteiger partial charge >= 0.3 is 5.97 Å². The van der Waals surface area contributed by atoms with Gasteiger partial charge < -0.3 is 14.7 Å². The van der Waals surface area contributed by atoms with Crippen LogP contribution in [0.1, 0.15) is 24.3 Å². The average molecular weight is 351 g/mol. The van der Waals surface area contributed by atoms with Crippen molar-refractivity contribution in [2.24, 2.45) is 17.3 Å². The first-order valence-corrected chi connectivity index (χ1v) is 8.47. The quantitative estimate of drug-likeness (QED) is 0.905. The fourth-order valence-corrected chi connectivity index (χ4v) is 4.28. The van der Waals surface area contributed by atoms with Crippen molar-refractivity contribution in [1.29, 1.82) is 0 Å². The van der Waals surface area contributed by atoms with Crippen molar-refractivity contribution in [3.63, 3.8) is 0 Å². The molecule has 3 fully saturated rings. The summed E-state index contributed by atoms with van der Waals surface area (Å²) in [5, 5.41) is 9.67. The summed E-state index contributed by atoms with van der Waals surface area (Å²) in [4.78, 5) is 26.2. The Balaban J connectivity index is 1.48. The summed E-state index contributed by atoms with van der Waals surface area (Å²) in [6.45, 7) is 1.33. The lowest BCUT2D eigenvalue weighted by atomic mass is 9.74. The van der Waals surface area contributed by atoms with E-state index in [1.165, 1.54) is 6.07 Å². The van der Waals surface area contributed by atoms with Crippen LogP contribution in [0.4, 0.5) is 8.78 Å². The molecule has 4 atom stereocenters. The zero-order valence-corrected chi connectivity index (χ0v) is 13.6. The third-order valence-electron chi connectivity index (χ3n) is 5.92. The number of fused-ring (bicyclic) bond motifs is 1. The van der Waals surface area contributed by atoms with Gasteiger partial charge in [-0.2, -0.15) is 0 Å². The van der Waals surface area contributed by atoms with Gasteiger partial charge in [0.15, 0.2) is 11.6 Å². The standard InChI is InChI=1S/C18H19F2NO4/c19-14-2-1-10(5-15(14)20)12-6-13(12)16(22)21-7-11-8-25-4-3-18(11,9-21)17(23)24/h1-2,5,11-13H,3-4,6-9H2,(H,23,24)/t11-,12?,13?,18+/m0/s1. The number of carboxylic acids is 1. The van der Waals surface area contributed by atoms with Crippen molar-refractivity contribution in [2.45, 2.75) is 18.8 Å². The molecule has 1 aromatic carbocycles. The van der Waals surface area contributed by atoms with Crippen molar-refractivity contribution in [2.75, 3.05) is 26.3 Å². The number of carboxylic acid groups (broad SMARTS) is 1. The van der Waals surface area contributed by atoms with Gasteiger partial charge in [-0.3, -0.25) is 9.59 Å². The Hall–Kier alpha value is -2.02. The molecule has 3 aliphatic rings. The highest BCUT2D eigenvalue weighted by molar-refractivity contribution is 5.85.